The average Bonchev–Trinajstić information content (AvgIpc) is 2.63. The highest BCUT2D eigenvalue weighted by atomic mass is 28.4. The third-order valence-corrected chi connectivity index (χ3v) is 15.3. The first-order valence-corrected chi connectivity index (χ1v) is 13.9. The third kappa shape index (κ3) is 3.72. The van der Waals surface area contributed by atoms with Crippen LogP contribution in [0.15, 0.2) is 11.6 Å². The molecule has 0 heterocycles. The maximum Gasteiger partial charge on any atom is 0.200 e. The van der Waals surface area contributed by atoms with Crippen LogP contribution in [0.5, 0.6) is 0 Å². The van der Waals surface area contributed by atoms with Gasteiger partial charge in [0.2, 0.25) is 0 Å². The van der Waals surface area contributed by atoms with Crippen LogP contribution in [0.3, 0.4) is 0 Å². The van der Waals surface area contributed by atoms with Gasteiger partial charge in [0, 0.05) is 6.61 Å². The SMILES string of the molecule is CC1=CCC[C@@H]2[C@]1(C)C(=O)[C@@H](O)[C@H](C)[C@@]2(C)CCO[Si](C(C)C)(C(C)C)C(C)C. The molecular weight excluding hydrogens is 376 g/mol. The lowest BCUT2D eigenvalue weighted by atomic mass is 9.46. The van der Waals surface area contributed by atoms with E-state index in [2.05, 4.69) is 75.3 Å². The van der Waals surface area contributed by atoms with E-state index in [0.29, 0.717) is 16.6 Å². The van der Waals surface area contributed by atoms with Gasteiger partial charge in [0.25, 0.3) is 0 Å². The largest absolute Gasteiger partial charge is 0.416 e. The second kappa shape index (κ2) is 8.59. The molecule has 5 atom stereocenters. The summed E-state index contributed by atoms with van der Waals surface area (Å²) >= 11 is 0. The minimum atomic E-state index is -1.91. The molecule has 0 aliphatic heterocycles. The lowest BCUT2D eigenvalue weighted by Crippen LogP contribution is -2.61. The van der Waals surface area contributed by atoms with Crippen molar-refractivity contribution in [3.63, 3.8) is 0 Å². The molecule has 3 nitrogen and oxygen atoms in total. The number of ketones is 1. The van der Waals surface area contributed by atoms with Gasteiger partial charge in [0.15, 0.2) is 14.1 Å². The molecule has 1 fully saturated rings. The van der Waals surface area contributed by atoms with Gasteiger partial charge in [0.1, 0.15) is 6.10 Å². The van der Waals surface area contributed by atoms with Crippen molar-refractivity contribution in [1.82, 2.24) is 0 Å². The molecule has 0 aromatic rings. The Bertz CT molecular complexity index is 616. The van der Waals surface area contributed by atoms with Crippen LogP contribution in [0.4, 0.5) is 0 Å². The molecule has 2 aliphatic carbocycles. The Kier molecular flexibility index (Phi) is 7.35. The number of hydrogen-bond acceptors (Lipinski definition) is 3. The fourth-order valence-electron chi connectivity index (χ4n) is 7.16. The van der Waals surface area contributed by atoms with Gasteiger partial charge in [0.05, 0.1) is 5.41 Å². The number of rotatable bonds is 7. The number of carbonyl (C=O) groups excluding carboxylic acids is 1. The van der Waals surface area contributed by atoms with E-state index in [4.69, 9.17) is 4.43 Å². The van der Waals surface area contributed by atoms with Gasteiger partial charge in [-0.3, -0.25) is 4.79 Å². The van der Waals surface area contributed by atoms with E-state index in [9.17, 15) is 9.90 Å². The maximum absolute atomic E-state index is 13.2. The zero-order valence-electron chi connectivity index (χ0n) is 20.6. The second-order valence-corrected chi connectivity index (χ2v) is 16.7. The fourth-order valence-corrected chi connectivity index (χ4v) is 12.6. The summed E-state index contributed by atoms with van der Waals surface area (Å²) in [5.74, 6) is 0.246. The number of allylic oxidation sites excluding steroid dienone is 2. The van der Waals surface area contributed by atoms with E-state index in [-0.39, 0.29) is 23.0 Å². The average molecular weight is 423 g/mol. The Morgan fingerprint density at radius 2 is 1.66 bits per heavy atom. The summed E-state index contributed by atoms with van der Waals surface area (Å²) in [4.78, 5) is 13.2. The monoisotopic (exact) mass is 422 g/mol. The van der Waals surface area contributed by atoms with Crippen molar-refractivity contribution < 1.29 is 14.3 Å². The van der Waals surface area contributed by atoms with Crippen molar-refractivity contribution in [2.24, 2.45) is 22.7 Å². The molecule has 168 valence electrons. The molecule has 2 aliphatic rings. The molecule has 0 spiro atoms. The van der Waals surface area contributed by atoms with E-state index in [0.717, 1.165) is 31.4 Å². The lowest BCUT2D eigenvalue weighted by Gasteiger charge is -2.58. The van der Waals surface area contributed by atoms with Gasteiger partial charge >= 0.3 is 0 Å². The highest BCUT2D eigenvalue weighted by Gasteiger charge is 2.61. The van der Waals surface area contributed by atoms with Crippen LogP contribution in [-0.2, 0) is 9.22 Å². The van der Waals surface area contributed by atoms with E-state index in [1.807, 2.05) is 0 Å². The summed E-state index contributed by atoms with van der Waals surface area (Å²) in [7, 11) is -1.91. The van der Waals surface area contributed by atoms with Crippen LogP contribution in [0, 0.1) is 22.7 Å². The van der Waals surface area contributed by atoms with Gasteiger partial charge in [-0.25, -0.2) is 0 Å². The second-order valence-electron chi connectivity index (χ2n) is 11.2. The minimum Gasteiger partial charge on any atom is -0.416 e. The van der Waals surface area contributed by atoms with Crippen molar-refractivity contribution in [3.8, 4) is 0 Å². The number of aliphatic hydroxyl groups excluding tert-OH is 1. The molecule has 0 radical (unpaired) electrons. The Hall–Kier alpha value is -0.453. The third-order valence-electron chi connectivity index (χ3n) is 9.21. The summed E-state index contributed by atoms with van der Waals surface area (Å²) in [6.07, 6.45) is 4.29. The Morgan fingerprint density at radius 1 is 1.14 bits per heavy atom. The molecule has 0 aromatic heterocycles. The molecule has 0 amide bonds. The molecule has 0 saturated heterocycles. The van der Waals surface area contributed by atoms with Crippen LogP contribution in [0.25, 0.3) is 0 Å². The quantitative estimate of drug-likeness (QED) is 0.375. The molecule has 1 N–H and O–H groups in total. The number of hydrogen-bond donors (Lipinski definition) is 1. The molecule has 29 heavy (non-hydrogen) atoms. The standard InChI is InChI=1S/C25H46O3Si/c1-16(2)29(17(3)4,18(5)6)28-15-14-24(9)20(8)22(26)23(27)25(10)19(7)12-11-13-21(24)25/h12,16-18,20-22,26H,11,13-15H2,1-10H3/t20-,21-,22-,24+,25+/m0/s1. The minimum absolute atomic E-state index is 0.0251. The Labute approximate surface area is 180 Å². The number of fused-ring (bicyclic) bond motifs is 1. The summed E-state index contributed by atoms with van der Waals surface area (Å²) in [5, 5.41) is 10.9. The number of carbonyl (C=O) groups is 1. The van der Waals surface area contributed by atoms with Crippen LogP contribution >= 0.6 is 0 Å². The zero-order chi connectivity index (χ0) is 22.4. The molecular formula is C25H46O3Si. The van der Waals surface area contributed by atoms with E-state index < -0.39 is 19.8 Å². The van der Waals surface area contributed by atoms with Crippen LogP contribution in [0.2, 0.25) is 16.6 Å². The first-order valence-electron chi connectivity index (χ1n) is 11.8. The highest BCUT2D eigenvalue weighted by molar-refractivity contribution is 6.77. The molecule has 0 aromatic carbocycles. The molecule has 4 heteroatoms. The summed E-state index contributed by atoms with van der Waals surface area (Å²) in [5.41, 5.74) is 2.20. The van der Waals surface area contributed by atoms with Gasteiger partial charge < -0.3 is 9.53 Å². The van der Waals surface area contributed by atoms with Gasteiger partial charge in [-0.05, 0) is 67.0 Å². The maximum atomic E-state index is 13.2. The van der Waals surface area contributed by atoms with Gasteiger partial charge in [-0.15, -0.1) is 0 Å². The predicted molar refractivity (Wildman–Crippen MR) is 124 cm³/mol. The summed E-state index contributed by atoms with van der Waals surface area (Å²) in [6.45, 7) is 23.2. The van der Waals surface area contributed by atoms with Crippen molar-refractivity contribution in [1.29, 1.82) is 0 Å². The first kappa shape index (κ1) is 24.8. The lowest BCUT2D eigenvalue weighted by molar-refractivity contribution is -0.165. The van der Waals surface area contributed by atoms with Crippen LogP contribution in [-0.4, -0.2) is 31.9 Å². The first-order chi connectivity index (χ1) is 13.3. The Morgan fingerprint density at radius 3 is 2.14 bits per heavy atom. The molecule has 0 unspecified atom stereocenters. The van der Waals surface area contributed by atoms with Crippen LogP contribution < -0.4 is 0 Å². The smallest absolute Gasteiger partial charge is 0.200 e. The molecule has 0 bridgehead atoms. The van der Waals surface area contributed by atoms with Gasteiger partial charge in [-0.1, -0.05) is 67.0 Å². The van der Waals surface area contributed by atoms with E-state index >= 15 is 0 Å². The van der Waals surface area contributed by atoms with Crippen LogP contribution in [0.1, 0.15) is 88.5 Å². The fraction of sp³-hybridized carbons (Fsp3) is 0.880. The van der Waals surface area contributed by atoms with Crippen molar-refractivity contribution in [2.45, 2.75) is 111 Å². The number of Topliss-reactive ketones (excluding diaryl/α,β-unsaturated/α-hetero) is 1. The topological polar surface area (TPSA) is 46.5 Å². The predicted octanol–water partition coefficient (Wildman–Crippen LogP) is 6.52. The molecule has 1 saturated carbocycles. The van der Waals surface area contributed by atoms with Crippen molar-refractivity contribution in [2.75, 3.05) is 6.61 Å². The van der Waals surface area contributed by atoms with Crippen molar-refractivity contribution >= 4 is 14.1 Å². The zero-order valence-corrected chi connectivity index (χ0v) is 21.6. The normalized spacial score (nSPS) is 36.0. The van der Waals surface area contributed by atoms with E-state index in [1.54, 1.807) is 0 Å². The summed E-state index contributed by atoms with van der Waals surface area (Å²) in [6, 6.07) is 0. The Balaban J connectivity index is 2.33. The van der Waals surface area contributed by atoms with Crippen molar-refractivity contribution in [3.05, 3.63) is 11.6 Å². The highest BCUT2D eigenvalue weighted by Crippen LogP contribution is 2.60. The van der Waals surface area contributed by atoms with E-state index in [1.165, 1.54) is 0 Å². The summed E-state index contributed by atoms with van der Waals surface area (Å²) < 4.78 is 6.89. The van der Waals surface area contributed by atoms with Gasteiger partial charge in [-0.2, -0.15) is 0 Å². The molecule has 2 rings (SSSR count). The number of aliphatic hydroxyl groups is 1.